The monoisotopic (exact) mass is 356 g/mol. The normalized spacial score (nSPS) is 13.4. The fourth-order valence-electron chi connectivity index (χ4n) is 3.02. The molecule has 3 rings (SSSR count). The number of aryl methyl sites for hydroxylation is 2. The highest BCUT2D eigenvalue weighted by atomic mass is 19.2. The number of halogens is 2. The minimum absolute atomic E-state index is 0.236. The van der Waals surface area contributed by atoms with E-state index in [9.17, 15) is 18.7 Å². The van der Waals surface area contributed by atoms with E-state index in [1.54, 1.807) is 11.0 Å². The topological polar surface area (TPSA) is 53.4 Å². The predicted octanol–water partition coefficient (Wildman–Crippen LogP) is 4.10. The van der Waals surface area contributed by atoms with Crippen molar-refractivity contribution >= 4 is 17.4 Å². The lowest BCUT2D eigenvalue weighted by atomic mass is 9.98. The molecule has 0 aliphatic carbocycles. The van der Waals surface area contributed by atoms with Crippen molar-refractivity contribution in [3.63, 3.8) is 0 Å². The number of aliphatic carboxylic acids is 1. The second-order valence-corrected chi connectivity index (χ2v) is 6.18. The van der Waals surface area contributed by atoms with Crippen LogP contribution in [0.3, 0.4) is 0 Å². The van der Waals surface area contributed by atoms with Gasteiger partial charge in [0.15, 0.2) is 11.6 Å². The molecule has 0 bridgehead atoms. The van der Waals surface area contributed by atoms with Gasteiger partial charge in [0.2, 0.25) is 0 Å². The number of nitrogens with zero attached hydrogens (tertiary/aromatic N) is 2. The quantitative estimate of drug-likeness (QED) is 0.876. The molecule has 1 aliphatic rings. The van der Waals surface area contributed by atoms with E-state index in [2.05, 4.69) is 11.6 Å². The molecule has 0 fully saturated rings. The fraction of sp³-hybridized carbons (Fsp3) is 0.200. The molecule has 0 amide bonds. The first-order valence-corrected chi connectivity index (χ1v) is 8.16. The summed E-state index contributed by atoms with van der Waals surface area (Å²) in [5.74, 6) is -2.25. The number of hydrogen-bond acceptors (Lipinski definition) is 3. The lowest BCUT2D eigenvalue weighted by molar-refractivity contribution is -0.135. The van der Waals surface area contributed by atoms with E-state index >= 15 is 0 Å². The third-order valence-corrected chi connectivity index (χ3v) is 4.28. The SMILES string of the molecule is C=C1C=C(CCc2cccc(F)c2F)N(CC(=O)O)c2nc(C)ccc21. The third kappa shape index (κ3) is 3.49. The van der Waals surface area contributed by atoms with Crippen molar-refractivity contribution in [1.82, 2.24) is 4.98 Å². The summed E-state index contributed by atoms with van der Waals surface area (Å²) in [5.41, 5.74) is 3.13. The summed E-state index contributed by atoms with van der Waals surface area (Å²) in [6.45, 7) is 5.56. The van der Waals surface area contributed by atoms with Crippen molar-refractivity contribution in [2.75, 3.05) is 11.4 Å². The number of aromatic nitrogens is 1. The molecule has 4 nitrogen and oxygen atoms in total. The highest BCUT2D eigenvalue weighted by Crippen LogP contribution is 2.35. The molecule has 1 aromatic carbocycles. The molecular formula is C20H18F2N2O2. The largest absolute Gasteiger partial charge is 0.480 e. The number of carbonyl (C=O) groups is 1. The zero-order valence-electron chi connectivity index (χ0n) is 14.3. The molecule has 1 aliphatic heterocycles. The minimum atomic E-state index is -1.00. The second kappa shape index (κ2) is 7.07. The number of carboxylic acid groups (broad SMARTS) is 1. The maximum Gasteiger partial charge on any atom is 0.323 e. The third-order valence-electron chi connectivity index (χ3n) is 4.28. The van der Waals surface area contributed by atoms with E-state index in [1.807, 2.05) is 19.1 Å². The van der Waals surface area contributed by atoms with Crippen LogP contribution in [0.15, 0.2) is 48.7 Å². The van der Waals surface area contributed by atoms with Crippen molar-refractivity contribution in [1.29, 1.82) is 0 Å². The smallest absolute Gasteiger partial charge is 0.323 e. The number of hydrogen-bond donors (Lipinski definition) is 1. The number of allylic oxidation sites excluding steroid dienone is 3. The Morgan fingerprint density at radius 2 is 2.00 bits per heavy atom. The Bertz CT molecular complexity index is 922. The van der Waals surface area contributed by atoms with Crippen molar-refractivity contribution < 1.29 is 18.7 Å². The summed E-state index contributed by atoms with van der Waals surface area (Å²) in [7, 11) is 0. The van der Waals surface area contributed by atoms with Gasteiger partial charge in [-0.15, -0.1) is 0 Å². The molecule has 26 heavy (non-hydrogen) atoms. The zero-order chi connectivity index (χ0) is 18.8. The summed E-state index contributed by atoms with van der Waals surface area (Å²) in [6.07, 6.45) is 2.35. The molecule has 0 spiro atoms. The Balaban J connectivity index is 1.93. The first-order valence-electron chi connectivity index (χ1n) is 8.16. The second-order valence-electron chi connectivity index (χ2n) is 6.18. The van der Waals surface area contributed by atoms with Crippen LogP contribution >= 0.6 is 0 Å². The minimum Gasteiger partial charge on any atom is -0.480 e. The summed E-state index contributed by atoms with van der Waals surface area (Å²) >= 11 is 0. The van der Waals surface area contributed by atoms with E-state index in [0.29, 0.717) is 23.5 Å². The Morgan fingerprint density at radius 1 is 1.23 bits per heavy atom. The Kier molecular flexibility index (Phi) is 4.84. The van der Waals surface area contributed by atoms with Gasteiger partial charge in [-0.3, -0.25) is 4.79 Å². The molecule has 0 unspecified atom stereocenters. The van der Waals surface area contributed by atoms with Crippen molar-refractivity contribution in [2.45, 2.75) is 19.8 Å². The van der Waals surface area contributed by atoms with Gasteiger partial charge >= 0.3 is 5.97 Å². The van der Waals surface area contributed by atoms with Crippen molar-refractivity contribution in [3.05, 3.63) is 77.1 Å². The summed E-state index contributed by atoms with van der Waals surface area (Å²) in [4.78, 5) is 17.4. The van der Waals surface area contributed by atoms with Crippen LogP contribution in [0.2, 0.25) is 0 Å². The number of pyridine rings is 1. The van der Waals surface area contributed by atoms with Crippen LogP contribution in [-0.2, 0) is 11.2 Å². The molecule has 0 saturated carbocycles. The standard InChI is InChI=1S/C20H18F2N2O2/c1-12-10-15(8-7-14-4-3-5-17(21)19(14)22)24(11-18(25)26)20-16(12)9-6-13(2)23-20/h3-6,9-10H,1,7-8,11H2,2H3,(H,25,26). The highest BCUT2D eigenvalue weighted by Gasteiger charge is 2.25. The maximum atomic E-state index is 13.9. The molecule has 2 aromatic rings. The molecule has 1 N–H and O–H groups in total. The van der Waals surface area contributed by atoms with Crippen LogP contribution in [0.5, 0.6) is 0 Å². The number of carboxylic acids is 1. The zero-order valence-corrected chi connectivity index (χ0v) is 14.3. The molecule has 6 heteroatoms. The van der Waals surface area contributed by atoms with Crippen LogP contribution in [0, 0.1) is 18.6 Å². The number of anilines is 1. The van der Waals surface area contributed by atoms with Crippen LogP contribution in [0.1, 0.15) is 23.2 Å². The van der Waals surface area contributed by atoms with Gasteiger partial charge in [-0.2, -0.15) is 0 Å². The van der Waals surface area contributed by atoms with Crippen LogP contribution < -0.4 is 4.90 Å². The molecule has 134 valence electrons. The highest BCUT2D eigenvalue weighted by molar-refractivity contribution is 5.87. The number of fused-ring (bicyclic) bond motifs is 1. The average Bonchev–Trinajstić information content (AvgIpc) is 2.58. The molecule has 0 radical (unpaired) electrons. The first kappa shape index (κ1) is 17.8. The molecule has 0 atom stereocenters. The van der Waals surface area contributed by atoms with Gasteiger partial charge in [-0.25, -0.2) is 13.8 Å². The van der Waals surface area contributed by atoms with E-state index in [1.165, 1.54) is 12.1 Å². The molecule has 0 saturated heterocycles. The van der Waals surface area contributed by atoms with Gasteiger partial charge < -0.3 is 10.0 Å². The summed E-state index contributed by atoms with van der Waals surface area (Å²) < 4.78 is 27.3. The van der Waals surface area contributed by atoms with Gasteiger partial charge in [0.25, 0.3) is 0 Å². The predicted molar refractivity (Wildman–Crippen MR) is 95.8 cm³/mol. The van der Waals surface area contributed by atoms with Crippen LogP contribution in [-0.4, -0.2) is 22.6 Å². The van der Waals surface area contributed by atoms with E-state index in [0.717, 1.165) is 17.3 Å². The lowest BCUT2D eigenvalue weighted by Crippen LogP contribution is -2.32. The van der Waals surface area contributed by atoms with Gasteiger partial charge in [-0.05, 0) is 55.2 Å². The van der Waals surface area contributed by atoms with Crippen molar-refractivity contribution in [3.8, 4) is 0 Å². The van der Waals surface area contributed by atoms with Gasteiger partial charge in [0, 0.05) is 17.0 Å². The fourth-order valence-corrected chi connectivity index (χ4v) is 3.02. The Morgan fingerprint density at radius 3 is 2.73 bits per heavy atom. The number of benzene rings is 1. The van der Waals surface area contributed by atoms with Gasteiger partial charge in [-0.1, -0.05) is 18.7 Å². The average molecular weight is 356 g/mol. The van der Waals surface area contributed by atoms with E-state index in [4.69, 9.17) is 0 Å². The van der Waals surface area contributed by atoms with Crippen molar-refractivity contribution in [2.24, 2.45) is 0 Å². The maximum absolute atomic E-state index is 13.9. The van der Waals surface area contributed by atoms with E-state index in [-0.39, 0.29) is 18.5 Å². The van der Waals surface area contributed by atoms with Crippen LogP contribution in [0.4, 0.5) is 14.6 Å². The lowest BCUT2D eigenvalue weighted by Gasteiger charge is -2.31. The Labute approximate surface area is 150 Å². The number of rotatable bonds is 5. The van der Waals surface area contributed by atoms with Crippen LogP contribution in [0.25, 0.3) is 5.57 Å². The Hall–Kier alpha value is -3.02. The molecule has 2 heterocycles. The summed E-state index contributed by atoms with van der Waals surface area (Å²) in [5, 5.41) is 9.28. The van der Waals surface area contributed by atoms with Gasteiger partial charge in [0.05, 0.1) is 0 Å². The summed E-state index contributed by atoms with van der Waals surface area (Å²) in [6, 6.07) is 7.74. The first-order chi connectivity index (χ1) is 12.4. The molecule has 1 aromatic heterocycles. The van der Waals surface area contributed by atoms with Gasteiger partial charge in [0.1, 0.15) is 12.4 Å². The molecular weight excluding hydrogens is 338 g/mol. The van der Waals surface area contributed by atoms with E-state index < -0.39 is 17.6 Å².